The minimum absolute atomic E-state index is 0. The van der Waals surface area contributed by atoms with E-state index in [2.05, 4.69) is 0 Å². The molecule has 5 aliphatic rings. The van der Waals surface area contributed by atoms with Crippen LogP contribution in [0, 0.1) is 0 Å². The van der Waals surface area contributed by atoms with Crippen molar-refractivity contribution in [2.24, 2.45) is 0 Å². The molecule has 0 heterocycles. The Morgan fingerprint density at radius 3 is 0.147 bits per heavy atom. The van der Waals surface area contributed by atoms with Gasteiger partial charge in [0.2, 0.25) is 0 Å². The first kappa shape index (κ1) is 41.1. The average Bonchev–Trinajstić information content (AvgIpc) is 3.17. The largest absolute Gasteiger partial charge is 0.0776 e. The van der Waals surface area contributed by atoms with Crippen LogP contribution in [0.5, 0.6) is 0 Å². The average molecular weight is 485 g/mol. The number of hydrogen-bond donors (Lipinski definition) is 0. The van der Waals surface area contributed by atoms with Gasteiger partial charge in [-0.2, -0.15) is 0 Å². The van der Waals surface area contributed by atoms with E-state index in [-0.39, 0.29) is 29.7 Å². The summed E-state index contributed by atoms with van der Waals surface area (Å²) in [5.41, 5.74) is 0. The molecule has 34 heavy (non-hydrogen) atoms. The first-order valence-corrected chi connectivity index (χ1v) is 15.0. The number of rotatable bonds is 0. The second-order valence-electron chi connectivity index (χ2n) is 10.6. The van der Waals surface area contributed by atoms with Crippen molar-refractivity contribution in [1.29, 1.82) is 0 Å². The van der Waals surface area contributed by atoms with Gasteiger partial charge < -0.3 is 0 Å². The van der Waals surface area contributed by atoms with E-state index in [4.69, 9.17) is 0 Å². The Morgan fingerprint density at radius 2 is 0.118 bits per heavy atom. The van der Waals surface area contributed by atoms with Crippen molar-refractivity contribution in [3.63, 3.8) is 0 Å². The van der Waals surface area contributed by atoms with Gasteiger partial charge in [0.25, 0.3) is 0 Å². The number of hydrogen-bond acceptors (Lipinski definition) is 0. The fourth-order valence-corrected chi connectivity index (χ4v) is 4.85. The van der Waals surface area contributed by atoms with Gasteiger partial charge in [0.05, 0.1) is 0 Å². The molecule has 0 aromatic heterocycles. The Balaban J connectivity index is -0.000000163. The van der Waals surface area contributed by atoms with Crippen molar-refractivity contribution in [2.45, 2.75) is 222 Å². The predicted molar refractivity (Wildman–Crippen MR) is 165 cm³/mol. The molecule has 0 spiro atoms. The van der Waals surface area contributed by atoms with Crippen LogP contribution >= 0.6 is 0 Å². The van der Waals surface area contributed by atoms with E-state index >= 15 is 0 Å². The first-order valence-electron chi connectivity index (χ1n) is 15.0. The van der Waals surface area contributed by atoms with Gasteiger partial charge in [-0.15, -0.1) is 0 Å². The predicted octanol–water partition coefficient (Wildman–Crippen LogP) is 14.2. The van der Waals surface area contributed by atoms with Crippen LogP contribution in [0.3, 0.4) is 0 Å². The highest BCUT2D eigenvalue weighted by atomic mass is 14.0. The molecule has 5 saturated carbocycles. The smallest absolute Gasteiger partial charge is 0.0533 e. The van der Waals surface area contributed by atoms with Crippen LogP contribution in [0.1, 0.15) is 222 Å². The molecule has 0 amide bonds. The van der Waals surface area contributed by atoms with Crippen molar-refractivity contribution >= 4 is 0 Å². The lowest BCUT2D eigenvalue weighted by molar-refractivity contribution is 0.504. The van der Waals surface area contributed by atoms with Gasteiger partial charge in [0.1, 0.15) is 0 Å². The van der Waals surface area contributed by atoms with Gasteiger partial charge in [0, 0.05) is 0 Å². The summed E-state index contributed by atoms with van der Waals surface area (Å²) in [5, 5.41) is 0. The Kier molecular flexibility index (Phi) is 45.4. The van der Waals surface area contributed by atoms with Gasteiger partial charge in [-0.1, -0.05) is 222 Å². The zero-order chi connectivity index (χ0) is 21.2. The summed E-state index contributed by atoms with van der Waals surface area (Å²) >= 11 is 0. The molecule has 0 nitrogen and oxygen atoms in total. The maximum atomic E-state index is 1.50. The lowest BCUT2D eigenvalue weighted by Crippen LogP contribution is -1.85. The van der Waals surface area contributed by atoms with Crippen LogP contribution in [0.15, 0.2) is 0 Å². The van der Waals surface area contributed by atoms with Crippen LogP contribution in [0.2, 0.25) is 0 Å². The monoisotopic (exact) mass is 485 g/mol. The SMILES string of the molecule is C.C.C.C.C1CCC1.C1CCCC1.C1CCCCC1.C1CCCCCC1.C1CCCCCCC1. The molecule has 0 aromatic rings. The minimum atomic E-state index is 0. The Morgan fingerprint density at radius 1 is 0.0882 bits per heavy atom. The third kappa shape index (κ3) is 34.2. The second-order valence-corrected chi connectivity index (χ2v) is 10.6. The molecule has 0 atom stereocenters. The summed E-state index contributed by atoms with van der Waals surface area (Å²) in [6.07, 6.45) is 45.0. The molecule has 0 saturated heterocycles. The molecule has 5 fully saturated rings. The van der Waals surface area contributed by atoms with Crippen LogP contribution < -0.4 is 0 Å². The van der Waals surface area contributed by atoms with Crippen molar-refractivity contribution in [3.8, 4) is 0 Å². The van der Waals surface area contributed by atoms with E-state index < -0.39 is 0 Å². The van der Waals surface area contributed by atoms with Gasteiger partial charge in [-0.25, -0.2) is 0 Å². The third-order valence-corrected chi connectivity index (χ3v) is 7.50. The fourth-order valence-electron chi connectivity index (χ4n) is 4.85. The van der Waals surface area contributed by atoms with Crippen LogP contribution in [0.25, 0.3) is 0 Å². The molecule has 0 bridgehead atoms. The van der Waals surface area contributed by atoms with E-state index in [0.29, 0.717) is 0 Å². The molecule has 0 radical (unpaired) electrons. The molecule has 0 aliphatic heterocycles. The second kappa shape index (κ2) is 37.5. The minimum Gasteiger partial charge on any atom is -0.0776 e. The normalized spacial score (nSPS) is 21.2. The fraction of sp³-hybridized carbons (Fsp3) is 1.00. The van der Waals surface area contributed by atoms with Gasteiger partial charge in [-0.05, 0) is 0 Å². The third-order valence-electron chi connectivity index (χ3n) is 7.50. The molecular weight excluding hydrogens is 408 g/mol. The van der Waals surface area contributed by atoms with E-state index in [1.165, 1.54) is 193 Å². The van der Waals surface area contributed by atoms with E-state index in [9.17, 15) is 0 Å². The van der Waals surface area contributed by atoms with Crippen molar-refractivity contribution in [3.05, 3.63) is 0 Å². The topological polar surface area (TPSA) is 0 Å². The van der Waals surface area contributed by atoms with E-state index in [0.717, 1.165) is 0 Å². The van der Waals surface area contributed by atoms with Crippen LogP contribution in [0.4, 0.5) is 0 Å². The van der Waals surface area contributed by atoms with Gasteiger partial charge in [-0.3, -0.25) is 0 Å². The summed E-state index contributed by atoms with van der Waals surface area (Å²) in [5.74, 6) is 0. The molecule has 0 aromatic carbocycles. The summed E-state index contributed by atoms with van der Waals surface area (Å²) in [7, 11) is 0. The Bertz CT molecular complexity index is 216. The molecule has 5 aliphatic carbocycles. The van der Waals surface area contributed by atoms with Gasteiger partial charge >= 0.3 is 0 Å². The quantitative estimate of drug-likeness (QED) is 0.300. The molecule has 5 rings (SSSR count). The maximum absolute atomic E-state index is 1.50. The standard InChI is InChI=1S/C8H16.C7H14.C6H12.C5H10.C4H8.4CH4/c1-2-4-6-8-7-5-3-1;1-2-4-6-7-5-3-1;1-2-4-6-5-3-1;1-2-4-5-3-1;1-2-4-3-1;;;;/h1-8H2;1-7H2;1-6H2;1-5H2;1-4H2;4*1H4. The summed E-state index contributed by atoms with van der Waals surface area (Å²) in [6, 6.07) is 0. The van der Waals surface area contributed by atoms with E-state index in [1.54, 1.807) is 0 Å². The molecular formula is C34H76. The highest BCUT2D eigenvalue weighted by molar-refractivity contribution is 4.53. The highest BCUT2D eigenvalue weighted by Gasteiger charge is 1.97. The lowest BCUT2D eigenvalue weighted by Gasteiger charge is -2.05. The highest BCUT2D eigenvalue weighted by Crippen LogP contribution is 2.17. The van der Waals surface area contributed by atoms with Gasteiger partial charge in [0.15, 0.2) is 0 Å². The Hall–Kier alpha value is 0. The van der Waals surface area contributed by atoms with Crippen molar-refractivity contribution in [1.82, 2.24) is 0 Å². The molecule has 0 heteroatoms. The van der Waals surface area contributed by atoms with Crippen LogP contribution in [-0.2, 0) is 0 Å². The van der Waals surface area contributed by atoms with Crippen LogP contribution in [-0.4, -0.2) is 0 Å². The molecule has 0 unspecified atom stereocenters. The zero-order valence-electron chi connectivity index (χ0n) is 21.2. The Labute approximate surface area is 222 Å². The van der Waals surface area contributed by atoms with E-state index in [1.807, 2.05) is 0 Å². The summed E-state index contributed by atoms with van der Waals surface area (Å²) < 4.78 is 0. The lowest BCUT2D eigenvalue weighted by atomic mass is 10.0. The zero-order valence-corrected chi connectivity index (χ0v) is 21.2. The first-order chi connectivity index (χ1) is 15.0. The molecule has 0 N–H and O–H groups in total. The summed E-state index contributed by atoms with van der Waals surface area (Å²) in [4.78, 5) is 0. The molecule has 212 valence electrons. The maximum Gasteiger partial charge on any atom is -0.0533 e. The van der Waals surface area contributed by atoms with Crippen molar-refractivity contribution < 1.29 is 0 Å². The summed E-state index contributed by atoms with van der Waals surface area (Å²) in [6.45, 7) is 0. The van der Waals surface area contributed by atoms with Crippen molar-refractivity contribution in [2.75, 3.05) is 0 Å².